The lowest BCUT2D eigenvalue weighted by Crippen LogP contribution is -2.47. The van der Waals surface area contributed by atoms with Crippen LogP contribution in [0.5, 0.6) is 0 Å². The number of esters is 2. The zero-order valence-corrected chi connectivity index (χ0v) is 30.5. The molecule has 270 valence electrons. The molecule has 0 saturated heterocycles. The molecule has 3 aromatic rings. The average molecular weight is 684 g/mol. The number of hydrogen-bond donors (Lipinski definition) is 1. The Labute approximate surface area is 299 Å². The Morgan fingerprint density at radius 1 is 0.700 bits per heavy atom. The van der Waals surface area contributed by atoms with Crippen LogP contribution in [-0.4, -0.2) is 36.8 Å². The van der Waals surface area contributed by atoms with Gasteiger partial charge in [-0.3, -0.25) is 4.79 Å². The van der Waals surface area contributed by atoms with E-state index in [1.54, 1.807) is 0 Å². The van der Waals surface area contributed by atoms with Crippen LogP contribution in [0.2, 0.25) is 0 Å². The summed E-state index contributed by atoms with van der Waals surface area (Å²) >= 11 is 0. The van der Waals surface area contributed by atoms with Crippen molar-refractivity contribution in [2.45, 2.75) is 123 Å². The van der Waals surface area contributed by atoms with E-state index in [0.717, 1.165) is 53.0 Å². The van der Waals surface area contributed by atoms with Crippen LogP contribution in [0, 0.1) is 11.8 Å². The fourth-order valence-electron chi connectivity index (χ4n) is 6.67. The number of fused-ring (bicyclic) bond motifs is 3. The quantitative estimate of drug-likeness (QED) is 0.0683. The van der Waals surface area contributed by atoms with Gasteiger partial charge in [-0.25, -0.2) is 9.59 Å². The van der Waals surface area contributed by atoms with Crippen molar-refractivity contribution in [3.63, 3.8) is 0 Å². The van der Waals surface area contributed by atoms with Crippen molar-refractivity contribution >= 4 is 18.0 Å². The summed E-state index contributed by atoms with van der Waals surface area (Å²) in [4.78, 5) is 39.8. The van der Waals surface area contributed by atoms with Crippen molar-refractivity contribution in [3.8, 4) is 11.1 Å². The number of carbonyl (C=O) groups excluding carboxylic acids is 3. The number of nitrogens with one attached hydrogen (secondary N) is 1. The van der Waals surface area contributed by atoms with E-state index in [2.05, 4.69) is 43.4 Å². The van der Waals surface area contributed by atoms with Crippen molar-refractivity contribution in [2.75, 3.05) is 6.61 Å². The second kappa shape index (κ2) is 20.5. The van der Waals surface area contributed by atoms with E-state index in [0.29, 0.717) is 12.8 Å². The van der Waals surface area contributed by atoms with E-state index >= 15 is 0 Å². The zero-order valence-electron chi connectivity index (χ0n) is 30.5. The zero-order chi connectivity index (χ0) is 35.7. The highest BCUT2D eigenvalue weighted by Crippen LogP contribution is 2.44. The minimum Gasteiger partial charge on any atom is -0.461 e. The fraction of sp³-hybridized carbons (Fsp3) is 0.512. The summed E-state index contributed by atoms with van der Waals surface area (Å²) in [6, 6.07) is 24.9. The summed E-state index contributed by atoms with van der Waals surface area (Å²) in [7, 11) is 0. The lowest BCUT2D eigenvalue weighted by Gasteiger charge is -2.26. The molecule has 0 saturated carbocycles. The van der Waals surface area contributed by atoms with Crippen molar-refractivity contribution in [2.24, 2.45) is 11.8 Å². The van der Waals surface area contributed by atoms with Gasteiger partial charge in [-0.05, 0) is 52.5 Å². The molecule has 4 rings (SSSR count). The smallest absolute Gasteiger partial charge is 0.407 e. The maximum Gasteiger partial charge on any atom is 0.407 e. The molecule has 7 heteroatoms. The average Bonchev–Trinajstić information content (AvgIpc) is 3.44. The molecule has 1 amide bonds. The Hall–Kier alpha value is -4.13. The molecular weight excluding hydrogens is 626 g/mol. The van der Waals surface area contributed by atoms with Gasteiger partial charge in [-0.15, -0.1) is 0 Å². The van der Waals surface area contributed by atoms with Gasteiger partial charge in [-0.2, -0.15) is 0 Å². The SMILES string of the molecule is CC[C@H](C)[C@H](NC(=O)OCC1c2ccccc2-c2ccccc21)C(=O)O[C@@H](CCCCCCCCCC(C)C)CC(=O)OCc1ccccc1. The number of hydrogen-bond acceptors (Lipinski definition) is 6. The standard InChI is InChI=1S/C43H57NO6/c1-5-32(4)41(44-43(47)49-30-39-37-26-18-16-24-35(37)36-25-17-19-27-38(36)39)42(46)50-34(23-15-10-8-6-7-9-12-20-31(2)3)28-40(45)48-29-33-21-13-11-14-22-33/h11,13-14,16-19,21-22,24-27,31-32,34,39,41H,5-10,12,15,20,23,28-30H2,1-4H3,(H,44,47)/t32-,34-,41-/m0/s1. The molecule has 1 aliphatic rings. The lowest BCUT2D eigenvalue weighted by molar-refractivity contribution is -0.158. The summed E-state index contributed by atoms with van der Waals surface area (Å²) in [6.07, 6.45) is 9.04. The highest BCUT2D eigenvalue weighted by molar-refractivity contribution is 5.82. The van der Waals surface area contributed by atoms with Crippen LogP contribution in [0.25, 0.3) is 11.1 Å². The largest absolute Gasteiger partial charge is 0.461 e. The number of rotatable bonds is 21. The molecule has 0 aromatic heterocycles. The van der Waals surface area contributed by atoms with E-state index in [4.69, 9.17) is 14.2 Å². The maximum atomic E-state index is 13.7. The molecule has 0 spiro atoms. The summed E-state index contributed by atoms with van der Waals surface area (Å²) in [6.45, 7) is 8.71. The molecule has 0 heterocycles. The third-order valence-corrected chi connectivity index (χ3v) is 9.81. The minimum atomic E-state index is -0.913. The van der Waals surface area contributed by atoms with Gasteiger partial charge < -0.3 is 19.5 Å². The Morgan fingerprint density at radius 3 is 1.86 bits per heavy atom. The second-order valence-electron chi connectivity index (χ2n) is 14.2. The van der Waals surface area contributed by atoms with Crippen LogP contribution < -0.4 is 5.32 Å². The number of carbonyl (C=O) groups is 3. The first-order chi connectivity index (χ1) is 24.3. The molecule has 3 atom stereocenters. The van der Waals surface area contributed by atoms with E-state index < -0.39 is 30.2 Å². The summed E-state index contributed by atoms with van der Waals surface area (Å²) in [5.74, 6) is -0.513. The van der Waals surface area contributed by atoms with E-state index in [1.165, 1.54) is 32.1 Å². The molecule has 0 radical (unpaired) electrons. The molecule has 0 bridgehead atoms. The monoisotopic (exact) mass is 683 g/mol. The number of benzene rings is 3. The molecule has 0 aliphatic heterocycles. The summed E-state index contributed by atoms with van der Waals surface area (Å²) < 4.78 is 17.3. The molecule has 1 N–H and O–H groups in total. The first kappa shape index (κ1) is 38.7. The highest BCUT2D eigenvalue weighted by atomic mass is 16.6. The van der Waals surface area contributed by atoms with Crippen molar-refractivity contribution in [1.82, 2.24) is 5.32 Å². The van der Waals surface area contributed by atoms with E-state index in [9.17, 15) is 14.4 Å². The van der Waals surface area contributed by atoms with Crippen molar-refractivity contribution in [3.05, 3.63) is 95.6 Å². The van der Waals surface area contributed by atoms with Crippen LogP contribution in [0.1, 0.15) is 121 Å². The van der Waals surface area contributed by atoms with Gasteiger partial charge in [0.1, 0.15) is 25.4 Å². The summed E-state index contributed by atoms with van der Waals surface area (Å²) in [5, 5.41) is 2.80. The van der Waals surface area contributed by atoms with E-state index in [1.807, 2.05) is 68.4 Å². The van der Waals surface area contributed by atoms with Gasteiger partial charge >= 0.3 is 18.0 Å². The van der Waals surface area contributed by atoms with Crippen LogP contribution in [0.15, 0.2) is 78.9 Å². The Balaban J connectivity index is 1.33. The van der Waals surface area contributed by atoms with Gasteiger partial charge in [0.15, 0.2) is 0 Å². The predicted molar refractivity (Wildman–Crippen MR) is 199 cm³/mol. The number of ether oxygens (including phenoxy) is 3. The molecule has 1 aliphatic carbocycles. The fourth-order valence-corrected chi connectivity index (χ4v) is 6.67. The Morgan fingerprint density at radius 2 is 1.26 bits per heavy atom. The minimum absolute atomic E-state index is 0.0358. The number of alkyl carbamates (subject to hydrolysis) is 1. The third-order valence-electron chi connectivity index (χ3n) is 9.81. The lowest BCUT2D eigenvalue weighted by atomic mass is 9.98. The first-order valence-corrected chi connectivity index (χ1v) is 18.8. The van der Waals surface area contributed by atoms with Crippen LogP contribution >= 0.6 is 0 Å². The van der Waals surface area contributed by atoms with Gasteiger partial charge in [0.2, 0.25) is 0 Å². The normalized spacial score (nSPS) is 13.9. The molecule has 7 nitrogen and oxygen atoms in total. The van der Waals surface area contributed by atoms with E-state index in [-0.39, 0.29) is 31.5 Å². The van der Waals surface area contributed by atoms with Crippen LogP contribution in [0.3, 0.4) is 0 Å². The predicted octanol–water partition coefficient (Wildman–Crippen LogP) is 10.2. The van der Waals surface area contributed by atoms with Crippen LogP contribution in [0.4, 0.5) is 4.79 Å². The third kappa shape index (κ3) is 12.0. The van der Waals surface area contributed by atoms with Crippen molar-refractivity contribution < 1.29 is 28.6 Å². The van der Waals surface area contributed by atoms with Gasteiger partial charge in [0.05, 0.1) is 6.42 Å². The van der Waals surface area contributed by atoms with Gasteiger partial charge in [0, 0.05) is 5.92 Å². The maximum absolute atomic E-state index is 13.7. The first-order valence-electron chi connectivity index (χ1n) is 18.8. The summed E-state index contributed by atoms with van der Waals surface area (Å²) in [5.41, 5.74) is 5.42. The van der Waals surface area contributed by atoms with Gasteiger partial charge in [0.25, 0.3) is 0 Å². The molecule has 0 fully saturated rings. The Bertz CT molecular complexity index is 1440. The van der Waals surface area contributed by atoms with Gasteiger partial charge in [-0.1, -0.05) is 158 Å². The molecular formula is C43H57NO6. The van der Waals surface area contributed by atoms with Crippen molar-refractivity contribution in [1.29, 1.82) is 0 Å². The Kier molecular flexibility index (Phi) is 15.9. The molecule has 3 aromatic carbocycles. The highest BCUT2D eigenvalue weighted by Gasteiger charge is 2.33. The molecule has 0 unspecified atom stereocenters. The molecule has 50 heavy (non-hydrogen) atoms. The second-order valence-corrected chi connectivity index (χ2v) is 14.2. The topological polar surface area (TPSA) is 90.9 Å². The van der Waals surface area contributed by atoms with Crippen LogP contribution in [-0.2, 0) is 30.4 Å². The number of unbranched alkanes of at least 4 members (excludes halogenated alkanes) is 6. The number of amides is 1.